The highest BCUT2D eigenvalue weighted by Crippen LogP contribution is 2.24. The predicted molar refractivity (Wildman–Crippen MR) is 83.4 cm³/mol. The van der Waals surface area contributed by atoms with Crippen LogP contribution in [0.2, 0.25) is 5.02 Å². The Morgan fingerprint density at radius 2 is 2.35 bits per heavy atom. The summed E-state index contributed by atoms with van der Waals surface area (Å²) in [5.41, 5.74) is 1.88. The van der Waals surface area contributed by atoms with E-state index in [1.54, 1.807) is 11.8 Å². The number of pyridine rings is 1. The summed E-state index contributed by atoms with van der Waals surface area (Å²) in [7, 11) is 2.00. The molecule has 0 aliphatic rings. The number of aromatic nitrogens is 4. The molecule has 104 valence electrons. The summed E-state index contributed by atoms with van der Waals surface area (Å²) in [6.07, 6.45) is 5.72. The number of halogens is 1. The molecule has 3 heterocycles. The topological polar surface area (TPSA) is 58.5 Å². The molecule has 0 aliphatic carbocycles. The third kappa shape index (κ3) is 2.36. The van der Waals surface area contributed by atoms with E-state index in [2.05, 4.69) is 24.8 Å². The van der Waals surface area contributed by atoms with E-state index in [1.807, 2.05) is 37.8 Å². The second kappa shape index (κ2) is 5.38. The van der Waals surface area contributed by atoms with Gasteiger partial charge in [0, 0.05) is 18.6 Å². The van der Waals surface area contributed by atoms with Crippen molar-refractivity contribution in [2.24, 2.45) is 7.05 Å². The van der Waals surface area contributed by atoms with Crippen LogP contribution < -0.4 is 5.32 Å². The summed E-state index contributed by atoms with van der Waals surface area (Å²) in [5, 5.41) is 5.89. The number of fused-ring (bicyclic) bond motifs is 1. The Kier molecular flexibility index (Phi) is 3.58. The highest BCUT2D eigenvalue weighted by atomic mass is 35.5. The fraction of sp³-hybridized carbons (Fsp3) is 0.231. The highest BCUT2D eigenvalue weighted by Gasteiger charge is 2.07. The first-order chi connectivity index (χ1) is 9.69. The molecule has 0 bridgehead atoms. The molecule has 0 spiro atoms. The highest BCUT2D eigenvalue weighted by molar-refractivity contribution is 7.98. The molecular formula is C13H14ClN5S. The monoisotopic (exact) mass is 307 g/mol. The maximum atomic E-state index is 6.22. The molecule has 2 N–H and O–H groups in total. The Hall–Kier alpha value is -1.66. The maximum absolute atomic E-state index is 6.22. The van der Waals surface area contributed by atoms with Gasteiger partial charge >= 0.3 is 0 Å². The molecule has 0 saturated heterocycles. The first-order valence-electron chi connectivity index (χ1n) is 6.11. The third-order valence-corrected chi connectivity index (χ3v) is 4.21. The number of thioether (sulfide) groups is 1. The minimum Gasteiger partial charge on any atom is -0.364 e. The van der Waals surface area contributed by atoms with Gasteiger partial charge in [0.2, 0.25) is 0 Å². The zero-order valence-electron chi connectivity index (χ0n) is 11.1. The van der Waals surface area contributed by atoms with E-state index in [-0.39, 0.29) is 0 Å². The van der Waals surface area contributed by atoms with Gasteiger partial charge in [0.15, 0.2) is 5.16 Å². The molecule has 0 saturated carbocycles. The van der Waals surface area contributed by atoms with E-state index < -0.39 is 0 Å². The summed E-state index contributed by atoms with van der Waals surface area (Å²) in [5.74, 6) is 0.747. The van der Waals surface area contributed by atoms with Crippen molar-refractivity contribution < 1.29 is 0 Å². The van der Waals surface area contributed by atoms with Crippen LogP contribution >= 0.6 is 23.4 Å². The first-order valence-corrected chi connectivity index (χ1v) is 7.71. The lowest BCUT2D eigenvalue weighted by atomic mass is 10.3. The Labute approximate surface area is 125 Å². The van der Waals surface area contributed by atoms with Crippen molar-refractivity contribution in [3.05, 3.63) is 35.2 Å². The number of nitrogens with zero attached hydrogens (tertiary/aromatic N) is 3. The zero-order chi connectivity index (χ0) is 14.1. The summed E-state index contributed by atoms with van der Waals surface area (Å²) in [6.45, 7) is 0.652. The number of imidazole rings is 1. The number of H-pyrrole nitrogens is 1. The van der Waals surface area contributed by atoms with Crippen LogP contribution in [0.15, 0.2) is 29.7 Å². The van der Waals surface area contributed by atoms with E-state index in [9.17, 15) is 0 Å². The molecule has 0 atom stereocenters. The van der Waals surface area contributed by atoms with Crippen LogP contribution in [-0.4, -0.2) is 25.8 Å². The molecular weight excluding hydrogens is 294 g/mol. The Morgan fingerprint density at radius 1 is 1.50 bits per heavy atom. The summed E-state index contributed by atoms with van der Waals surface area (Å²) < 4.78 is 2.06. The summed E-state index contributed by atoms with van der Waals surface area (Å²) >= 11 is 7.85. The molecule has 7 heteroatoms. The van der Waals surface area contributed by atoms with Gasteiger partial charge in [-0.1, -0.05) is 23.4 Å². The molecule has 3 aromatic heterocycles. The number of aromatic amines is 1. The molecule has 0 aromatic carbocycles. The molecule has 5 nitrogen and oxygen atoms in total. The van der Waals surface area contributed by atoms with Gasteiger partial charge in [0.25, 0.3) is 0 Å². The molecule has 0 radical (unpaired) electrons. The Bertz CT molecular complexity index is 748. The van der Waals surface area contributed by atoms with E-state index >= 15 is 0 Å². The second-order valence-corrected chi connectivity index (χ2v) is 5.56. The van der Waals surface area contributed by atoms with Crippen LogP contribution in [0.3, 0.4) is 0 Å². The SMILES string of the molecule is CSc1ncc(CNc2cc(Cl)c3cc[nH]c3n2)n1C. The molecule has 3 rings (SSSR count). The lowest BCUT2D eigenvalue weighted by Gasteiger charge is -2.08. The predicted octanol–water partition coefficient (Wildman–Crippen LogP) is 3.28. The van der Waals surface area contributed by atoms with Crippen molar-refractivity contribution in [1.82, 2.24) is 19.5 Å². The van der Waals surface area contributed by atoms with Crippen molar-refractivity contribution in [3.8, 4) is 0 Å². The summed E-state index contributed by atoms with van der Waals surface area (Å²) in [4.78, 5) is 11.9. The van der Waals surface area contributed by atoms with Gasteiger partial charge in [-0.05, 0) is 18.4 Å². The van der Waals surface area contributed by atoms with Crippen LogP contribution in [-0.2, 0) is 13.6 Å². The molecule has 0 fully saturated rings. The maximum Gasteiger partial charge on any atom is 0.167 e. The van der Waals surface area contributed by atoms with Crippen LogP contribution in [0.4, 0.5) is 5.82 Å². The van der Waals surface area contributed by atoms with E-state index in [4.69, 9.17) is 11.6 Å². The molecule has 0 aliphatic heterocycles. The molecule has 0 amide bonds. The van der Waals surface area contributed by atoms with Crippen molar-refractivity contribution in [1.29, 1.82) is 0 Å². The fourth-order valence-corrected chi connectivity index (χ4v) is 2.85. The first kappa shape index (κ1) is 13.3. The minimum absolute atomic E-state index is 0.652. The van der Waals surface area contributed by atoms with Gasteiger partial charge in [0.1, 0.15) is 11.5 Å². The van der Waals surface area contributed by atoms with Gasteiger partial charge in [-0.2, -0.15) is 0 Å². The average molecular weight is 308 g/mol. The summed E-state index contributed by atoms with van der Waals surface area (Å²) in [6, 6.07) is 3.75. The third-order valence-electron chi connectivity index (χ3n) is 3.15. The van der Waals surface area contributed by atoms with Crippen molar-refractivity contribution in [2.75, 3.05) is 11.6 Å². The second-order valence-electron chi connectivity index (χ2n) is 4.38. The van der Waals surface area contributed by atoms with Crippen molar-refractivity contribution >= 4 is 40.2 Å². The quantitative estimate of drug-likeness (QED) is 0.726. The van der Waals surface area contributed by atoms with Gasteiger partial charge in [-0.3, -0.25) is 0 Å². The molecule has 3 aromatic rings. The molecule has 0 unspecified atom stereocenters. The number of anilines is 1. The Morgan fingerprint density at radius 3 is 3.10 bits per heavy atom. The standard InChI is InChI=1S/C13H14ClN5S/c1-19-8(7-17-13(19)20-2)6-16-11-5-10(14)9-3-4-15-12(9)18-11/h3-5,7H,6H2,1-2H3,(H2,15,16,18). The van der Waals surface area contributed by atoms with Crippen molar-refractivity contribution in [3.63, 3.8) is 0 Å². The molecule has 20 heavy (non-hydrogen) atoms. The van der Waals surface area contributed by atoms with Crippen molar-refractivity contribution in [2.45, 2.75) is 11.7 Å². The van der Waals surface area contributed by atoms with Gasteiger partial charge in [-0.25, -0.2) is 9.97 Å². The zero-order valence-corrected chi connectivity index (χ0v) is 12.7. The van der Waals surface area contributed by atoms with Crippen LogP contribution in [0.25, 0.3) is 11.0 Å². The number of rotatable bonds is 4. The fourth-order valence-electron chi connectivity index (χ4n) is 2.05. The van der Waals surface area contributed by atoms with Gasteiger partial charge < -0.3 is 14.9 Å². The van der Waals surface area contributed by atoms with E-state index in [0.717, 1.165) is 27.7 Å². The van der Waals surface area contributed by atoms with Crippen LogP contribution in [0.5, 0.6) is 0 Å². The Balaban J connectivity index is 1.81. The smallest absolute Gasteiger partial charge is 0.167 e. The number of hydrogen-bond donors (Lipinski definition) is 2. The average Bonchev–Trinajstić information content (AvgIpc) is 3.03. The van der Waals surface area contributed by atoms with Gasteiger partial charge in [-0.15, -0.1) is 0 Å². The normalized spacial score (nSPS) is 11.2. The van der Waals surface area contributed by atoms with E-state index in [0.29, 0.717) is 11.6 Å². The number of nitrogens with one attached hydrogen (secondary N) is 2. The van der Waals surface area contributed by atoms with E-state index in [1.165, 1.54) is 0 Å². The number of hydrogen-bond acceptors (Lipinski definition) is 4. The van der Waals surface area contributed by atoms with Crippen LogP contribution in [0, 0.1) is 0 Å². The largest absolute Gasteiger partial charge is 0.364 e. The lowest BCUT2D eigenvalue weighted by molar-refractivity contribution is 0.747. The minimum atomic E-state index is 0.652. The lowest BCUT2D eigenvalue weighted by Crippen LogP contribution is -2.06. The van der Waals surface area contributed by atoms with Crippen LogP contribution in [0.1, 0.15) is 5.69 Å². The van der Waals surface area contributed by atoms with Gasteiger partial charge in [0.05, 0.1) is 23.5 Å².